The van der Waals surface area contributed by atoms with Crippen LogP contribution in [0.1, 0.15) is 64.5 Å². The lowest BCUT2D eigenvalue weighted by molar-refractivity contribution is 0.301. The number of allylic oxidation sites excluding steroid dienone is 2. The summed E-state index contributed by atoms with van der Waals surface area (Å²) < 4.78 is 6.09. The highest BCUT2D eigenvalue weighted by atomic mass is 16.3. The average Bonchev–Trinajstić information content (AvgIpc) is 3.21. The molecule has 0 aliphatic carbocycles. The fourth-order valence-electron chi connectivity index (χ4n) is 4.40. The summed E-state index contributed by atoms with van der Waals surface area (Å²) in [7, 11) is 0. The summed E-state index contributed by atoms with van der Waals surface area (Å²) in [6.45, 7) is 15.8. The van der Waals surface area contributed by atoms with E-state index in [1.165, 1.54) is 47.8 Å². The zero-order valence-electron chi connectivity index (χ0n) is 21.1. The van der Waals surface area contributed by atoms with Crippen LogP contribution in [0.4, 0.5) is 0 Å². The van der Waals surface area contributed by atoms with Gasteiger partial charge in [0.25, 0.3) is 0 Å². The van der Waals surface area contributed by atoms with E-state index in [0.717, 1.165) is 50.2 Å². The number of hydrogen-bond acceptors (Lipinski definition) is 3. The number of unbranched alkanes of at least 4 members (excludes halogenated alkanes) is 2. The Kier molecular flexibility index (Phi) is 10.2. The maximum absolute atomic E-state index is 6.09. The molecule has 0 unspecified atom stereocenters. The van der Waals surface area contributed by atoms with Crippen LogP contribution in [-0.2, 0) is 0 Å². The molecule has 0 aliphatic rings. The largest absolute Gasteiger partial charge is 0.456 e. The van der Waals surface area contributed by atoms with Crippen LogP contribution in [0.25, 0.3) is 34.1 Å². The van der Waals surface area contributed by atoms with Crippen LogP contribution in [-0.4, -0.2) is 49.1 Å². The van der Waals surface area contributed by atoms with E-state index in [0.29, 0.717) is 0 Å². The van der Waals surface area contributed by atoms with Crippen molar-refractivity contribution in [3.05, 3.63) is 59.7 Å². The summed E-state index contributed by atoms with van der Waals surface area (Å²) in [5.74, 6) is 0. The summed E-state index contributed by atoms with van der Waals surface area (Å²) in [5, 5.41) is 2.40. The Morgan fingerprint density at radius 1 is 0.636 bits per heavy atom. The second kappa shape index (κ2) is 13.4. The van der Waals surface area contributed by atoms with Gasteiger partial charge < -0.3 is 14.2 Å². The smallest absolute Gasteiger partial charge is 0.135 e. The van der Waals surface area contributed by atoms with Crippen molar-refractivity contribution in [2.75, 3.05) is 39.3 Å². The predicted octanol–water partition coefficient (Wildman–Crippen LogP) is 7.86. The van der Waals surface area contributed by atoms with Crippen LogP contribution in [0.15, 0.2) is 53.0 Å². The molecule has 3 heteroatoms. The molecule has 0 fully saturated rings. The third-order valence-electron chi connectivity index (χ3n) is 6.62. The van der Waals surface area contributed by atoms with Gasteiger partial charge in [0.2, 0.25) is 0 Å². The zero-order valence-corrected chi connectivity index (χ0v) is 21.1. The molecule has 0 aliphatic heterocycles. The van der Waals surface area contributed by atoms with Crippen LogP contribution in [0.2, 0.25) is 0 Å². The molecule has 0 saturated carbocycles. The SMILES string of the molecule is CCN(CC)CCCC=Cc1ccc2oc3ccc(C=CCCCN(CC)CC)cc3c2c1. The molecule has 3 rings (SSSR count). The van der Waals surface area contributed by atoms with Gasteiger partial charge >= 0.3 is 0 Å². The fraction of sp³-hybridized carbons (Fsp3) is 0.467. The average molecular weight is 447 g/mol. The van der Waals surface area contributed by atoms with Gasteiger partial charge in [0, 0.05) is 10.8 Å². The molecule has 0 saturated heterocycles. The highest BCUT2D eigenvalue weighted by Gasteiger charge is 2.07. The van der Waals surface area contributed by atoms with E-state index in [1.54, 1.807) is 0 Å². The normalized spacial score (nSPS) is 12.5. The standard InChI is InChI=1S/C30H42N2O/c1-5-31(6-2)21-13-9-11-15-25-17-19-29-27(23-25)28-24-26(18-20-30(28)33-29)16-12-10-14-22-32(7-3)8-4/h11-12,15-20,23-24H,5-10,13-14,21-22H2,1-4H3. The molecule has 0 N–H and O–H groups in total. The van der Waals surface area contributed by atoms with Gasteiger partial charge in [-0.3, -0.25) is 0 Å². The number of fused-ring (bicyclic) bond motifs is 3. The van der Waals surface area contributed by atoms with Crippen LogP contribution in [0.3, 0.4) is 0 Å². The maximum Gasteiger partial charge on any atom is 0.135 e. The Morgan fingerprint density at radius 2 is 1.06 bits per heavy atom. The number of nitrogens with zero attached hydrogens (tertiary/aromatic N) is 2. The lowest BCUT2D eigenvalue weighted by atomic mass is 10.1. The minimum absolute atomic E-state index is 0.962. The van der Waals surface area contributed by atoms with E-state index < -0.39 is 0 Å². The Hall–Kier alpha value is -2.36. The molecule has 1 aromatic heterocycles. The molecule has 3 aromatic rings. The van der Waals surface area contributed by atoms with Crippen LogP contribution >= 0.6 is 0 Å². The van der Waals surface area contributed by atoms with Crippen LogP contribution in [0, 0.1) is 0 Å². The van der Waals surface area contributed by atoms with Gasteiger partial charge in [0.15, 0.2) is 0 Å². The number of hydrogen-bond donors (Lipinski definition) is 0. The van der Waals surface area contributed by atoms with Gasteiger partial charge in [-0.05, 0) is 100 Å². The number of rotatable bonds is 14. The van der Waals surface area contributed by atoms with E-state index in [-0.39, 0.29) is 0 Å². The van der Waals surface area contributed by atoms with Gasteiger partial charge in [-0.1, -0.05) is 64.1 Å². The van der Waals surface area contributed by atoms with E-state index >= 15 is 0 Å². The maximum atomic E-state index is 6.09. The van der Waals surface area contributed by atoms with Crippen molar-refractivity contribution in [3.8, 4) is 0 Å². The first kappa shape index (κ1) is 25.3. The lowest BCUT2D eigenvalue weighted by Gasteiger charge is -2.16. The van der Waals surface area contributed by atoms with Crippen molar-refractivity contribution >= 4 is 34.1 Å². The second-order valence-electron chi connectivity index (χ2n) is 8.76. The Balaban J connectivity index is 1.64. The Labute approximate surface area is 200 Å². The molecular weight excluding hydrogens is 404 g/mol. The van der Waals surface area contributed by atoms with Gasteiger partial charge in [-0.2, -0.15) is 0 Å². The molecule has 1 heterocycles. The van der Waals surface area contributed by atoms with Crippen molar-refractivity contribution in [2.24, 2.45) is 0 Å². The number of benzene rings is 2. The van der Waals surface area contributed by atoms with Crippen LogP contribution < -0.4 is 0 Å². The van der Waals surface area contributed by atoms with Gasteiger partial charge in [0.05, 0.1) is 0 Å². The van der Waals surface area contributed by atoms with Gasteiger partial charge in [-0.25, -0.2) is 0 Å². The summed E-state index contributed by atoms with van der Waals surface area (Å²) in [6, 6.07) is 13.0. The first-order valence-electron chi connectivity index (χ1n) is 12.9. The van der Waals surface area contributed by atoms with Crippen molar-refractivity contribution in [1.82, 2.24) is 9.80 Å². The second-order valence-corrected chi connectivity index (χ2v) is 8.76. The molecule has 0 radical (unpaired) electrons. The lowest BCUT2D eigenvalue weighted by Crippen LogP contribution is -2.23. The quantitative estimate of drug-likeness (QED) is 0.235. The highest BCUT2D eigenvalue weighted by molar-refractivity contribution is 6.06. The van der Waals surface area contributed by atoms with E-state index in [1.807, 2.05) is 0 Å². The molecule has 2 aromatic carbocycles. The van der Waals surface area contributed by atoms with Gasteiger partial charge in [-0.15, -0.1) is 0 Å². The molecular formula is C30H42N2O. The van der Waals surface area contributed by atoms with E-state index in [2.05, 4.69) is 98.2 Å². The molecule has 0 amide bonds. The first-order chi connectivity index (χ1) is 16.2. The summed E-state index contributed by atoms with van der Waals surface area (Å²) in [4.78, 5) is 4.96. The molecule has 178 valence electrons. The highest BCUT2D eigenvalue weighted by Crippen LogP contribution is 2.31. The minimum atomic E-state index is 0.962. The van der Waals surface area contributed by atoms with E-state index in [4.69, 9.17) is 4.42 Å². The third-order valence-corrected chi connectivity index (χ3v) is 6.62. The predicted molar refractivity (Wildman–Crippen MR) is 146 cm³/mol. The Morgan fingerprint density at radius 3 is 1.45 bits per heavy atom. The summed E-state index contributed by atoms with van der Waals surface area (Å²) in [6.07, 6.45) is 13.8. The van der Waals surface area contributed by atoms with Gasteiger partial charge in [0.1, 0.15) is 11.2 Å². The van der Waals surface area contributed by atoms with E-state index in [9.17, 15) is 0 Å². The molecule has 33 heavy (non-hydrogen) atoms. The summed E-state index contributed by atoms with van der Waals surface area (Å²) in [5.41, 5.74) is 4.41. The molecule has 3 nitrogen and oxygen atoms in total. The monoisotopic (exact) mass is 446 g/mol. The molecule has 0 atom stereocenters. The van der Waals surface area contributed by atoms with Crippen molar-refractivity contribution in [2.45, 2.75) is 53.4 Å². The van der Waals surface area contributed by atoms with Crippen molar-refractivity contribution < 1.29 is 4.42 Å². The van der Waals surface area contributed by atoms with Crippen molar-refractivity contribution in [1.29, 1.82) is 0 Å². The topological polar surface area (TPSA) is 19.6 Å². The third kappa shape index (κ3) is 7.31. The number of furan rings is 1. The fourth-order valence-corrected chi connectivity index (χ4v) is 4.40. The van der Waals surface area contributed by atoms with Crippen molar-refractivity contribution in [3.63, 3.8) is 0 Å². The first-order valence-corrected chi connectivity index (χ1v) is 12.9. The summed E-state index contributed by atoms with van der Waals surface area (Å²) >= 11 is 0. The van der Waals surface area contributed by atoms with Crippen LogP contribution in [0.5, 0.6) is 0 Å². The zero-order chi connectivity index (χ0) is 23.5. The molecule has 0 spiro atoms. The molecule has 0 bridgehead atoms. The Bertz CT molecular complexity index is 956. The minimum Gasteiger partial charge on any atom is -0.456 e.